The fourth-order valence-electron chi connectivity index (χ4n) is 1.03. The molecule has 4 nitrogen and oxygen atoms in total. The van der Waals surface area contributed by atoms with Crippen LogP contribution < -0.4 is 5.73 Å². The van der Waals surface area contributed by atoms with Gasteiger partial charge in [-0.15, -0.1) is 0 Å². The second-order valence-electron chi connectivity index (χ2n) is 2.76. The molecule has 0 saturated carbocycles. The van der Waals surface area contributed by atoms with Crippen LogP contribution in [0.5, 0.6) is 0 Å². The van der Waals surface area contributed by atoms with Gasteiger partial charge in [0.25, 0.3) is 0 Å². The molecule has 0 amide bonds. The van der Waals surface area contributed by atoms with E-state index in [9.17, 15) is 10.2 Å². The molecule has 0 fully saturated rings. The molecule has 0 aliphatic carbocycles. The topological polar surface area (TPSA) is 79.4 Å². The first kappa shape index (κ1) is 12.1. The molecule has 0 spiro atoms. The van der Waals surface area contributed by atoms with E-state index in [-0.39, 0.29) is 6.54 Å². The SMILES string of the molecule is NCC(O)C(O)c1c(Br)cncc1Br. The van der Waals surface area contributed by atoms with E-state index in [1.807, 2.05) is 0 Å². The maximum atomic E-state index is 9.73. The minimum Gasteiger partial charge on any atom is -0.389 e. The highest BCUT2D eigenvalue weighted by molar-refractivity contribution is 9.11. The second-order valence-corrected chi connectivity index (χ2v) is 4.47. The zero-order chi connectivity index (χ0) is 10.7. The van der Waals surface area contributed by atoms with Gasteiger partial charge < -0.3 is 15.9 Å². The molecule has 0 aliphatic heterocycles. The lowest BCUT2D eigenvalue weighted by Crippen LogP contribution is -2.27. The number of nitrogens with zero attached hydrogens (tertiary/aromatic N) is 1. The average Bonchev–Trinajstić information content (AvgIpc) is 2.16. The van der Waals surface area contributed by atoms with Crippen LogP contribution in [0, 0.1) is 0 Å². The Morgan fingerprint density at radius 1 is 1.29 bits per heavy atom. The Morgan fingerprint density at radius 3 is 2.21 bits per heavy atom. The van der Waals surface area contributed by atoms with E-state index in [0.717, 1.165) is 0 Å². The van der Waals surface area contributed by atoms with Gasteiger partial charge in [0, 0.05) is 33.4 Å². The van der Waals surface area contributed by atoms with E-state index < -0.39 is 12.2 Å². The summed E-state index contributed by atoms with van der Waals surface area (Å²) in [5, 5.41) is 19.1. The molecule has 0 aliphatic rings. The molecule has 1 rings (SSSR count). The Morgan fingerprint density at radius 2 is 1.79 bits per heavy atom. The molecule has 2 unspecified atom stereocenters. The third-order valence-corrected chi connectivity index (χ3v) is 3.06. The minimum atomic E-state index is -1.02. The van der Waals surface area contributed by atoms with E-state index in [4.69, 9.17) is 5.73 Å². The first-order chi connectivity index (χ1) is 6.57. The van der Waals surface area contributed by atoms with Crippen LogP contribution in [0.4, 0.5) is 0 Å². The van der Waals surface area contributed by atoms with Crippen molar-refractivity contribution in [3.05, 3.63) is 26.9 Å². The maximum Gasteiger partial charge on any atom is 0.108 e. The molecule has 2 atom stereocenters. The summed E-state index contributed by atoms with van der Waals surface area (Å²) in [6.07, 6.45) is 1.09. The summed E-state index contributed by atoms with van der Waals surface area (Å²) in [5.74, 6) is 0. The van der Waals surface area contributed by atoms with Crippen molar-refractivity contribution in [3.8, 4) is 0 Å². The Hall–Kier alpha value is -0.0100. The number of halogens is 2. The van der Waals surface area contributed by atoms with Gasteiger partial charge in [-0.05, 0) is 31.9 Å². The van der Waals surface area contributed by atoms with E-state index in [1.54, 1.807) is 12.4 Å². The van der Waals surface area contributed by atoms with Crippen LogP contribution in [0.15, 0.2) is 21.3 Å². The molecular formula is C8H10Br2N2O2. The van der Waals surface area contributed by atoms with Crippen LogP contribution in [0.2, 0.25) is 0 Å². The smallest absolute Gasteiger partial charge is 0.108 e. The van der Waals surface area contributed by atoms with Crippen molar-refractivity contribution in [3.63, 3.8) is 0 Å². The van der Waals surface area contributed by atoms with Crippen LogP contribution in [0.1, 0.15) is 11.7 Å². The highest BCUT2D eigenvalue weighted by atomic mass is 79.9. The lowest BCUT2D eigenvalue weighted by atomic mass is 10.1. The van der Waals surface area contributed by atoms with Gasteiger partial charge in [0.2, 0.25) is 0 Å². The minimum absolute atomic E-state index is 0.00235. The zero-order valence-electron chi connectivity index (χ0n) is 7.19. The van der Waals surface area contributed by atoms with Gasteiger partial charge in [0.1, 0.15) is 6.10 Å². The van der Waals surface area contributed by atoms with Crippen molar-refractivity contribution in [2.75, 3.05) is 6.54 Å². The summed E-state index contributed by atoms with van der Waals surface area (Å²) in [5.41, 5.74) is 5.81. The lowest BCUT2D eigenvalue weighted by Gasteiger charge is -2.18. The van der Waals surface area contributed by atoms with Crippen LogP contribution in [-0.2, 0) is 0 Å². The normalized spacial score (nSPS) is 15.2. The standard InChI is InChI=1S/C8H10Br2N2O2/c9-4-2-12-3-5(10)7(4)8(14)6(13)1-11/h2-3,6,8,13-14H,1,11H2. The first-order valence-corrected chi connectivity index (χ1v) is 5.51. The molecule has 1 aromatic rings. The Kier molecular flexibility index (Phi) is 4.46. The Bertz CT molecular complexity index is 302. The molecule has 0 aromatic carbocycles. The van der Waals surface area contributed by atoms with E-state index in [0.29, 0.717) is 14.5 Å². The molecule has 6 heteroatoms. The number of aliphatic hydroxyl groups excluding tert-OH is 2. The van der Waals surface area contributed by atoms with Crippen LogP contribution in [0.25, 0.3) is 0 Å². The molecule has 4 N–H and O–H groups in total. The summed E-state index contributed by atoms with van der Waals surface area (Å²) < 4.78 is 1.26. The zero-order valence-corrected chi connectivity index (χ0v) is 10.4. The predicted octanol–water partition coefficient (Wildman–Crippen LogP) is 0.960. The van der Waals surface area contributed by atoms with Crippen molar-refractivity contribution < 1.29 is 10.2 Å². The van der Waals surface area contributed by atoms with Crippen molar-refractivity contribution in [1.29, 1.82) is 0 Å². The van der Waals surface area contributed by atoms with Crippen molar-refractivity contribution in [1.82, 2.24) is 4.98 Å². The quantitative estimate of drug-likeness (QED) is 0.773. The fourth-order valence-corrected chi connectivity index (χ4v) is 2.42. The van der Waals surface area contributed by atoms with E-state index in [2.05, 4.69) is 36.8 Å². The molecule has 1 heterocycles. The van der Waals surface area contributed by atoms with Gasteiger partial charge in [-0.2, -0.15) is 0 Å². The van der Waals surface area contributed by atoms with E-state index in [1.165, 1.54) is 0 Å². The van der Waals surface area contributed by atoms with Crippen LogP contribution in [0.3, 0.4) is 0 Å². The molecular weight excluding hydrogens is 316 g/mol. The van der Waals surface area contributed by atoms with Gasteiger partial charge in [-0.1, -0.05) is 0 Å². The highest BCUT2D eigenvalue weighted by Gasteiger charge is 2.21. The summed E-state index contributed by atoms with van der Waals surface area (Å²) >= 11 is 6.48. The number of hydrogen-bond acceptors (Lipinski definition) is 4. The number of nitrogens with two attached hydrogens (primary N) is 1. The molecule has 78 valence electrons. The lowest BCUT2D eigenvalue weighted by molar-refractivity contribution is 0.0234. The Labute approximate surface area is 98.4 Å². The number of pyridine rings is 1. The van der Waals surface area contributed by atoms with Crippen molar-refractivity contribution in [2.45, 2.75) is 12.2 Å². The van der Waals surface area contributed by atoms with Gasteiger partial charge in [-0.3, -0.25) is 4.98 Å². The van der Waals surface area contributed by atoms with Gasteiger partial charge >= 0.3 is 0 Å². The van der Waals surface area contributed by atoms with Crippen molar-refractivity contribution in [2.24, 2.45) is 5.73 Å². The van der Waals surface area contributed by atoms with Crippen LogP contribution >= 0.6 is 31.9 Å². The van der Waals surface area contributed by atoms with Crippen molar-refractivity contribution >= 4 is 31.9 Å². The van der Waals surface area contributed by atoms with E-state index >= 15 is 0 Å². The second kappa shape index (κ2) is 5.18. The summed E-state index contributed by atoms with van der Waals surface area (Å²) in [7, 11) is 0. The van der Waals surface area contributed by atoms with Gasteiger partial charge in [0.05, 0.1) is 6.10 Å². The molecule has 0 saturated heterocycles. The average molecular weight is 326 g/mol. The predicted molar refractivity (Wildman–Crippen MR) is 59.7 cm³/mol. The highest BCUT2D eigenvalue weighted by Crippen LogP contribution is 2.31. The fraction of sp³-hybridized carbons (Fsp3) is 0.375. The van der Waals surface area contributed by atoms with Gasteiger partial charge in [-0.25, -0.2) is 0 Å². The summed E-state index contributed by atoms with van der Waals surface area (Å²) in [6, 6.07) is 0. The summed E-state index contributed by atoms with van der Waals surface area (Å²) in [6.45, 7) is 0.00235. The largest absolute Gasteiger partial charge is 0.389 e. The maximum absolute atomic E-state index is 9.73. The number of hydrogen-bond donors (Lipinski definition) is 3. The monoisotopic (exact) mass is 324 g/mol. The third kappa shape index (κ3) is 2.52. The Balaban J connectivity index is 3.05. The molecule has 14 heavy (non-hydrogen) atoms. The third-order valence-electron chi connectivity index (χ3n) is 1.79. The number of rotatable bonds is 3. The number of aromatic nitrogens is 1. The first-order valence-electron chi connectivity index (χ1n) is 3.93. The summed E-state index contributed by atoms with van der Waals surface area (Å²) in [4.78, 5) is 3.89. The number of aliphatic hydroxyl groups is 2. The molecule has 1 aromatic heterocycles. The molecule has 0 radical (unpaired) electrons. The van der Waals surface area contributed by atoms with Crippen LogP contribution in [-0.4, -0.2) is 27.8 Å². The molecule has 0 bridgehead atoms. The van der Waals surface area contributed by atoms with Gasteiger partial charge in [0.15, 0.2) is 0 Å².